The molecule has 1 aliphatic heterocycles. The highest BCUT2D eigenvalue weighted by atomic mass is 17.3. The van der Waals surface area contributed by atoms with Gasteiger partial charge in [-0.1, -0.05) is 29.8 Å². The summed E-state index contributed by atoms with van der Waals surface area (Å²) in [5, 5.41) is 6.98. The molecule has 0 saturated heterocycles. The van der Waals surface area contributed by atoms with Crippen molar-refractivity contribution in [2.75, 3.05) is 0 Å². The molecule has 1 aromatic carbocycles. The second-order valence-electron chi connectivity index (χ2n) is 2.63. The average Bonchev–Trinajstić information content (AvgIpc) is 2.58. The number of nitrogens with zero attached hydrogens (tertiary/aromatic N) is 2. The summed E-state index contributed by atoms with van der Waals surface area (Å²) in [5.41, 5.74) is 2.15. The standard InChI is InChI=1S/C8H8N2O2/c1-6-2-4-7(5-3-6)8-9-10-12-11-8/h2-5,8H,1H3. The van der Waals surface area contributed by atoms with Gasteiger partial charge in [-0.15, -0.1) is 10.0 Å². The Balaban J connectivity index is 2.23. The van der Waals surface area contributed by atoms with E-state index in [9.17, 15) is 0 Å². The van der Waals surface area contributed by atoms with Crippen LogP contribution in [0.4, 0.5) is 0 Å². The molecule has 0 N–H and O–H groups in total. The van der Waals surface area contributed by atoms with Crippen molar-refractivity contribution in [2.45, 2.75) is 13.2 Å². The van der Waals surface area contributed by atoms with Gasteiger partial charge in [0.15, 0.2) is 0 Å². The summed E-state index contributed by atoms with van der Waals surface area (Å²) in [6.07, 6.45) is -0.398. The first-order valence-electron chi connectivity index (χ1n) is 3.65. The van der Waals surface area contributed by atoms with Crippen LogP contribution in [0.15, 0.2) is 34.7 Å². The third-order valence-electron chi connectivity index (χ3n) is 1.68. The summed E-state index contributed by atoms with van der Waals surface area (Å²) in [4.78, 5) is 9.05. The lowest BCUT2D eigenvalue weighted by atomic mass is 10.1. The molecule has 0 bridgehead atoms. The topological polar surface area (TPSA) is 43.2 Å². The van der Waals surface area contributed by atoms with E-state index < -0.39 is 6.23 Å². The second-order valence-corrected chi connectivity index (χ2v) is 2.63. The van der Waals surface area contributed by atoms with Crippen LogP contribution in [0.25, 0.3) is 0 Å². The molecule has 1 unspecified atom stereocenters. The van der Waals surface area contributed by atoms with E-state index in [2.05, 4.69) is 15.4 Å². The Morgan fingerprint density at radius 1 is 1.25 bits per heavy atom. The molecule has 62 valence electrons. The van der Waals surface area contributed by atoms with E-state index >= 15 is 0 Å². The van der Waals surface area contributed by atoms with Crippen molar-refractivity contribution in [1.29, 1.82) is 0 Å². The number of hydrogen-bond acceptors (Lipinski definition) is 4. The molecule has 12 heavy (non-hydrogen) atoms. The first-order valence-corrected chi connectivity index (χ1v) is 3.65. The number of aryl methyl sites for hydroxylation is 1. The van der Waals surface area contributed by atoms with Crippen LogP contribution in [0.2, 0.25) is 0 Å². The lowest BCUT2D eigenvalue weighted by Crippen LogP contribution is -1.93. The summed E-state index contributed by atoms with van der Waals surface area (Å²) >= 11 is 0. The van der Waals surface area contributed by atoms with Crippen LogP contribution in [-0.2, 0) is 9.88 Å². The first kappa shape index (κ1) is 7.24. The van der Waals surface area contributed by atoms with Gasteiger partial charge in [-0.05, 0) is 6.92 Å². The van der Waals surface area contributed by atoms with Crippen LogP contribution in [0, 0.1) is 6.92 Å². The molecular weight excluding hydrogens is 156 g/mol. The summed E-state index contributed by atoms with van der Waals surface area (Å²) in [7, 11) is 0. The van der Waals surface area contributed by atoms with Crippen LogP contribution in [0.5, 0.6) is 0 Å². The van der Waals surface area contributed by atoms with E-state index in [0.717, 1.165) is 5.56 Å². The van der Waals surface area contributed by atoms with Crippen molar-refractivity contribution in [2.24, 2.45) is 10.4 Å². The zero-order chi connectivity index (χ0) is 8.39. The molecule has 4 nitrogen and oxygen atoms in total. The number of benzene rings is 1. The fourth-order valence-electron chi connectivity index (χ4n) is 0.995. The smallest absolute Gasteiger partial charge is 0.197 e. The Kier molecular flexibility index (Phi) is 1.75. The molecule has 0 radical (unpaired) electrons. The average molecular weight is 164 g/mol. The molecule has 0 fully saturated rings. The van der Waals surface area contributed by atoms with Gasteiger partial charge in [0, 0.05) is 5.56 Å². The Hall–Kier alpha value is -1.42. The molecule has 1 aromatic rings. The van der Waals surface area contributed by atoms with E-state index in [0.29, 0.717) is 0 Å². The SMILES string of the molecule is Cc1ccc(C2N=NOO2)cc1. The van der Waals surface area contributed by atoms with Crippen molar-refractivity contribution < 1.29 is 9.88 Å². The number of hydrogen-bond donors (Lipinski definition) is 0. The molecule has 0 amide bonds. The lowest BCUT2D eigenvalue weighted by molar-refractivity contribution is -0.296. The molecule has 0 aliphatic carbocycles. The largest absolute Gasteiger partial charge is 0.245 e. The Morgan fingerprint density at radius 3 is 2.58 bits per heavy atom. The molecule has 2 rings (SSSR count). The van der Waals surface area contributed by atoms with Gasteiger partial charge >= 0.3 is 0 Å². The molecular formula is C8H8N2O2. The Labute approximate surface area is 69.7 Å². The molecule has 1 aliphatic rings. The van der Waals surface area contributed by atoms with Crippen molar-refractivity contribution in [3.63, 3.8) is 0 Å². The van der Waals surface area contributed by atoms with Gasteiger partial charge in [0.05, 0.1) is 5.28 Å². The van der Waals surface area contributed by atoms with Crippen molar-refractivity contribution in [1.82, 2.24) is 0 Å². The zero-order valence-electron chi connectivity index (χ0n) is 6.60. The summed E-state index contributed by atoms with van der Waals surface area (Å²) in [6, 6.07) is 7.86. The van der Waals surface area contributed by atoms with Crippen molar-refractivity contribution >= 4 is 0 Å². The Morgan fingerprint density at radius 2 is 2.00 bits per heavy atom. The van der Waals surface area contributed by atoms with E-state index in [1.54, 1.807) is 0 Å². The Bertz CT molecular complexity index is 294. The molecule has 1 heterocycles. The van der Waals surface area contributed by atoms with Crippen LogP contribution in [0.1, 0.15) is 17.4 Å². The van der Waals surface area contributed by atoms with Gasteiger partial charge in [-0.25, -0.2) is 0 Å². The maximum atomic E-state index is 4.75. The van der Waals surface area contributed by atoms with Crippen molar-refractivity contribution in [3.05, 3.63) is 35.4 Å². The monoisotopic (exact) mass is 164 g/mol. The quantitative estimate of drug-likeness (QED) is 0.598. The highest BCUT2D eigenvalue weighted by molar-refractivity contribution is 5.22. The second kappa shape index (κ2) is 2.91. The van der Waals surface area contributed by atoms with Crippen molar-refractivity contribution in [3.8, 4) is 0 Å². The summed E-state index contributed by atoms with van der Waals surface area (Å²) in [5.74, 6) is 0. The fraction of sp³-hybridized carbons (Fsp3) is 0.250. The third-order valence-corrected chi connectivity index (χ3v) is 1.68. The minimum atomic E-state index is -0.398. The molecule has 0 spiro atoms. The van der Waals surface area contributed by atoms with E-state index in [1.807, 2.05) is 31.2 Å². The minimum Gasteiger partial charge on any atom is -0.197 e. The van der Waals surface area contributed by atoms with E-state index in [-0.39, 0.29) is 0 Å². The first-order chi connectivity index (χ1) is 5.86. The summed E-state index contributed by atoms with van der Waals surface area (Å²) in [6.45, 7) is 2.03. The predicted molar refractivity (Wildman–Crippen MR) is 40.9 cm³/mol. The maximum Gasteiger partial charge on any atom is 0.245 e. The minimum absolute atomic E-state index is 0.398. The third kappa shape index (κ3) is 1.29. The van der Waals surface area contributed by atoms with Gasteiger partial charge in [-0.2, -0.15) is 4.99 Å². The highest BCUT2D eigenvalue weighted by Crippen LogP contribution is 2.23. The van der Waals surface area contributed by atoms with Crippen LogP contribution in [0.3, 0.4) is 0 Å². The van der Waals surface area contributed by atoms with Gasteiger partial charge in [-0.3, -0.25) is 0 Å². The maximum absolute atomic E-state index is 4.75. The van der Waals surface area contributed by atoms with Gasteiger partial charge in [0.1, 0.15) is 0 Å². The van der Waals surface area contributed by atoms with Crippen LogP contribution < -0.4 is 0 Å². The molecule has 1 atom stereocenters. The number of rotatable bonds is 1. The normalized spacial score (nSPS) is 20.9. The molecule has 4 heteroatoms. The van der Waals surface area contributed by atoms with E-state index in [1.165, 1.54) is 5.56 Å². The molecule has 0 aromatic heterocycles. The fourth-order valence-corrected chi connectivity index (χ4v) is 0.995. The predicted octanol–water partition coefficient (Wildman–Crippen LogP) is 2.32. The zero-order valence-corrected chi connectivity index (χ0v) is 6.60. The highest BCUT2D eigenvalue weighted by Gasteiger charge is 2.16. The van der Waals surface area contributed by atoms with Gasteiger partial charge < -0.3 is 0 Å². The van der Waals surface area contributed by atoms with Gasteiger partial charge in [0.2, 0.25) is 6.23 Å². The summed E-state index contributed by atoms with van der Waals surface area (Å²) < 4.78 is 0. The molecule has 0 saturated carbocycles. The van der Waals surface area contributed by atoms with Crippen LogP contribution >= 0.6 is 0 Å². The van der Waals surface area contributed by atoms with Crippen LogP contribution in [-0.4, -0.2) is 0 Å². The lowest BCUT2D eigenvalue weighted by Gasteiger charge is -2.01. The van der Waals surface area contributed by atoms with E-state index in [4.69, 9.17) is 4.89 Å². The van der Waals surface area contributed by atoms with Gasteiger partial charge in [0.25, 0.3) is 0 Å².